The van der Waals surface area contributed by atoms with Crippen LogP contribution in [0.2, 0.25) is 0 Å². The quantitative estimate of drug-likeness (QED) is 0.829. The smallest absolute Gasteiger partial charge is 0.326 e. The molecule has 0 aromatic heterocycles. The standard InChI is InChI=1S/C18H21NO2/c1-21-17(20)18(19,14-16-10-6-3-7-11-16)13-12-15-8-4-2-5-9-15/h2-11H,12-14,19H2,1H3. The minimum Gasteiger partial charge on any atom is -0.468 e. The molecule has 0 fully saturated rings. The Bertz CT molecular complexity index is 568. The third-order valence-corrected chi connectivity index (χ3v) is 3.66. The van der Waals surface area contributed by atoms with Crippen LogP contribution in [0.25, 0.3) is 0 Å². The summed E-state index contributed by atoms with van der Waals surface area (Å²) in [5, 5.41) is 0. The van der Waals surface area contributed by atoms with Crippen molar-refractivity contribution in [3.8, 4) is 0 Å². The maximum atomic E-state index is 12.1. The molecule has 2 aromatic rings. The van der Waals surface area contributed by atoms with Crippen molar-refractivity contribution >= 4 is 5.97 Å². The first-order valence-electron chi connectivity index (χ1n) is 7.09. The molecule has 0 saturated carbocycles. The normalized spacial score (nSPS) is 13.4. The van der Waals surface area contributed by atoms with Crippen LogP contribution in [0.4, 0.5) is 0 Å². The first-order valence-corrected chi connectivity index (χ1v) is 7.09. The SMILES string of the molecule is COC(=O)C(N)(CCc1ccccc1)Cc1ccccc1. The second-order valence-corrected chi connectivity index (χ2v) is 5.30. The van der Waals surface area contributed by atoms with E-state index in [4.69, 9.17) is 10.5 Å². The van der Waals surface area contributed by atoms with E-state index >= 15 is 0 Å². The Balaban J connectivity index is 2.11. The van der Waals surface area contributed by atoms with Gasteiger partial charge < -0.3 is 10.5 Å². The molecule has 2 rings (SSSR count). The predicted octanol–water partition coefficient (Wildman–Crippen LogP) is 2.73. The summed E-state index contributed by atoms with van der Waals surface area (Å²) in [6, 6.07) is 19.8. The Labute approximate surface area is 125 Å². The van der Waals surface area contributed by atoms with E-state index in [-0.39, 0.29) is 5.97 Å². The number of nitrogens with two attached hydrogens (primary N) is 1. The molecule has 3 heteroatoms. The lowest BCUT2D eigenvalue weighted by Gasteiger charge is -2.26. The fourth-order valence-electron chi connectivity index (χ4n) is 2.44. The second kappa shape index (κ2) is 7.04. The minimum atomic E-state index is -0.994. The molecule has 0 radical (unpaired) electrons. The highest BCUT2D eigenvalue weighted by Crippen LogP contribution is 2.19. The van der Waals surface area contributed by atoms with E-state index in [0.29, 0.717) is 12.8 Å². The fourth-order valence-corrected chi connectivity index (χ4v) is 2.44. The molecule has 0 heterocycles. The summed E-state index contributed by atoms with van der Waals surface area (Å²) in [6.45, 7) is 0. The molecule has 0 amide bonds. The summed E-state index contributed by atoms with van der Waals surface area (Å²) in [7, 11) is 1.39. The molecule has 0 aliphatic heterocycles. The molecular weight excluding hydrogens is 262 g/mol. The van der Waals surface area contributed by atoms with Crippen molar-refractivity contribution in [1.29, 1.82) is 0 Å². The van der Waals surface area contributed by atoms with Gasteiger partial charge in [-0.05, 0) is 24.0 Å². The van der Waals surface area contributed by atoms with Crippen molar-refractivity contribution in [3.05, 3.63) is 71.8 Å². The van der Waals surface area contributed by atoms with Gasteiger partial charge in [-0.1, -0.05) is 60.7 Å². The summed E-state index contributed by atoms with van der Waals surface area (Å²) < 4.78 is 4.91. The number of hydrogen-bond acceptors (Lipinski definition) is 3. The zero-order valence-electron chi connectivity index (χ0n) is 12.3. The Kier molecular flexibility index (Phi) is 5.12. The Morgan fingerprint density at radius 1 is 1.00 bits per heavy atom. The third kappa shape index (κ3) is 4.17. The zero-order valence-corrected chi connectivity index (χ0v) is 12.3. The van der Waals surface area contributed by atoms with E-state index in [1.807, 2.05) is 60.7 Å². The molecule has 0 aliphatic carbocycles. The maximum Gasteiger partial charge on any atom is 0.326 e. The second-order valence-electron chi connectivity index (χ2n) is 5.30. The highest BCUT2D eigenvalue weighted by Gasteiger charge is 2.34. The van der Waals surface area contributed by atoms with E-state index in [1.165, 1.54) is 12.7 Å². The summed E-state index contributed by atoms with van der Waals surface area (Å²) in [4.78, 5) is 12.1. The van der Waals surface area contributed by atoms with Gasteiger partial charge in [0.2, 0.25) is 0 Å². The number of benzene rings is 2. The van der Waals surface area contributed by atoms with Crippen molar-refractivity contribution in [1.82, 2.24) is 0 Å². The topological polar surface area (TPSA) is 52.3 Å². The van der Waals surface area contributed by atoms with Crippen LogP contribution in [-0.2, 0) is 22.4 Å². The van der Waals surface area contributed by atoms with Crippen molar-refractivity contribution in [3.63, 3.8) is 0 Å². The van der Waals surface area contributed by atoms with Crippen molar-refractivity contribution in [2.24, 2.45) is 5.73 Å². The van der Waals surface area contributed by atoms with E-state index in [9.17, 15) is 4.79 Å². The lowest BCUT2D eigenvalue weighted by atomic mass is 9.86. The number of rotatable bonds is 6. The molecule has 1 atom stereocenters. The molecule has 1 unspecified atom stereocenters. The summed E-state index contributed by atoms with van der Waals surface area (Å²) >= 11 is 0. The molecule has 3 nitrogen and oxygen atoms in total. The first-order chi connectivity index (χ1) is 10.1. The monoisotopic (exact) mass is 283 g/mol. The summed E-state index contributed by atoms with van der Waals surface area (Å²) in [5.74, 6) is -0.359. The van der Waals surface area contributed by atoms with Crippen molar-refractivity contribution in [2.45, 2.75) is 24.8 Å². The van der Waals surface area contributed by atoms with Crippen LogP contribution in [0.1, 0.15) is 17.5 Å². The van der Waals surface area contributed by atoms with Gasteiger partial charge in [-0.3, -0.25) is 4.79 Å². The van der Waals surface area contributed by atoms with Crippen LogP contribution in [-0.4, -0.2) is 18.6 Å². The van der Waals surface area contributed by atoms with E-state index in [0.717, 1.165) is 12.0 Å². The van der Waals surface area contributed by atoms with Crippen LogP contribution < -0.4 is 5.73 Å². The third-order valence-electron chi connectivity index (χ3n) is 3.66. The van der Waals surface area contributed by atoms with Gasteiger partial charge in [0.05, 0.1) is 7.11 Å². The van der Waals surface area contributed by atoms with Crippen molar-refractivity contribution < 1.29 is 9.53 Å². The fraction of sp³-hybridized carbons (Fsp3) is 0.278. The van der Waals surface area contributed by atoms with Gasteiger partial charge in [-0.2, -0.15) is 0 Å². The number of ether oxygens (including phenoxy) is 1. The van der Waals surface area contributed by atoms with Crippen LogP contribution in [0.15, 0.2) is 60.7 Å². The highest BCUT2D eigenvalue weighted by molar-refractivity contribution is 5.81. The lowest BCUT2D eigenvalue weighted by molar-refractivity contribution is -0.147. The molecule has 110 valence electrons. The van der Waals surface area contributed by atoms with Gasteiger partial charge in [-0.15, -0.1) is 0 Å². The molecule has 2 aromatic carbocycles. The summed E-state index contributed by atoms with van der Waals surface area (Å²) in [6.07, 6.45) is 1.78. The number of esters is 1. The largest absolute Gasteiger partial charge is 0.468 e. The van der Waals surface area contributed by atoms with Gasteiger partial charge in [0.15, 0.2) is 0 Å². The van der Waals surface area contributed by atoms with Gasteiger partial charge in [-0.25, -0.2) is 0 Å². The highest BCUT2D eigenvalue weighted by atomic mass is 16.5. The van der Waals surface area contributed by atoms with Gasteiger partial charge >= 0.3 is 5.97 Å². The average molecular weight is 283 g/mol. The van der Waals surface area contributed by atoms with Gasteiger partial charge in [0.25, 0.3) is 0 Å². The molecule has 2 N–H and O–H groups in total. The molecule has 0 aliphatic rings. The van der Waals surface area contributed by atoms with Crippen LogP contribution in [0.3, 0.4) is 0 Å². The zero-order chi connectivity index (χ0) is 15.1. The Morgan fingerprint density at radius 3 is 2.05 bits per heavy atom. The Hall–Kier alpha value is -2.13. The van der Waals surface area contributed by atoms with Crippen LogP contribution >= 0.6 is 0 Å². The number of hydrogen-bond donors (Lipinski definition) is 1. The number of methoxy groups -OCH3 is 1. The van der Waals surface area contributed by atoms with Crippen LogP contribution in [0, 0.1) is 0 Å². The molecule has 0 saturated heterocycles. The maximum absolute atomic E-state index is 12.1. The number of carbonyl (C=O) groups excluding carboxylic acids is 1. The van der Waals surface area contributed by atoms with Gasteiger partial charge in [0, 0.05) is 6.42 Å². The van der Waals surface area contributed by atoms with Crippen LogP contribution in [0.5, 0.6) is 0 Å². The van der Waals surface area contributed by atoms with E-state index in [1.54, 1.807) is 0 Å². The lowest BCUT2D eigenvalue weighted by Crippen LogP contribution is -2.51. The molecular formula is C18H21NO2. The van der Waals surface area contributed by atoms with E-state index in [2.05, 4.69) is 0 Å². The minimum absolute atomic E-state index is 0.359. The van der Waals surface area contributed by atoms with Crippen molar-refractivity contribution in [2.75, 3.05) is 7.11 Å². The number of aryl methyl sites for hydroxylation is 1. The number of carbonyl (C=O) groups is 1. The molecule has 21 heavy (non-hydrogen) atoms. The average Bonchev–Trinajstić information content (AvgIpc) is 2.54. The van der Waals surface area contributed by atoms with E-state index < -0.39 is 5.54 Å². The predicted molar refractivity (Wildman–Crippen MR) is 83.8 cm³/mol. The molecule has 0 bridgehead atoms. The molecule has 0 spiro atoms. The Morgan fingerprint density at radius 2 is 1.52 bits per heavy atom. The van der Waals surface area contributed by atoms with Gasteiger partial charge in [0.1, 0.15) is 5.54 Å². The first kappa shape index (κ1) is 15.3. The summed E-state index contributed by atoms with van der Waals surface area (Å²) in [5.41, 5.74) is 7.57.